The van der Waals surface area contributed by atoms with Crippen molar-refractivity contribution in [3.8, 4) is 0 Å². The van der Waals surface area contributed by atoms with Crippen LogP contribution < -0.4 is 10.6 Å². The summed E-state index contributed by atoms with van der Waals surface area (Å²) in [5.41, 5.74) is 0.990. The van der Waals surface area contributed by atoms with Crippen LogP contribution >= 0.6 is 11.3 Å². The SMILES string of the molecule is CCc1nc(NC(=O)CC2CS(=O)(=O)CCN2)sc1C. The molecular formula is C12H19N3O3S2. The quantitative estimate of drug-likeness (QED) is 0.855. The molecule has 2 heterocycles. The van der Waals surface area contributed by atoms with Crippen LogP contribution in [0.25, 0.3) is 0 Å². The Kier molecular flexibility index (Phi) is 4.77. The third-order valence-corrected chi connectivity index (χ3v) is 5.87. The minimum absolute atomic E-state index is 0.0253. The lowest BCUT2D eigenvalue weighted by Crippen LogP contribution is -2.46. The summed E-state index contributed by atoms with van der Waals surface area (Å²) in [7, 11) is -3.01. The number of nitrogens with zero attached hydrogens (tertiary/aromatic N) is 1. The van der Waals surface area contributed by atoms with Gasteiger partial charge in [-0.3, -0.25) is 4.79 Å². The first kappa shape index (κ1) is 15.4. The van der Waals surface area contributed by atoms with Crippen LogP contribution in [0.4, 0.5) is 5.13 Å². The van der Waals surface area contributed by atoms with Crippen molar-refractivity contribution < 1.29 is 13.2 Å². The van der Waals surface area contributed by atoms with E-state index in [0.717, 1.165) is 17.0 Å². The fraction of sp³-hybridized carbons (Fsp3) is 0.667. The number of aromatic nitrogens is 1. The maximum Gasteiger partial charge on any atom is 0.227 e. The van der Waals surface area contributed by atoms with E-state index >= 15 is 0 Å². The van der Waals surface area contributed by atoms with E-state index in [1.807, 2.05) is 13.8 Å². The van der Waals surface area contributed by atoms with Gasteiger partial charge in [0, 0.05) is 23.9 Å². The maximum absolute atomic E-state index is 11.9. The molecule has 0 radical (unpaired) electrons. The van der Waals surface area contributed by atoms with Crippen molar-refractivity contribution in [3.63, 3.8) is 0 Å². The van der Waals surface area contributed by atoms with Crippen LogP contribution in [-0.4, -0.2) is 43.4 Å². The summed E-state index contributed by atoms with van der Waals surface area (Å²) in [6.45, 7) is 4.41. The van der Waals surface area contributed by atoms with Gasteiger partial charge < -0.3 is 10.6 Å². The van der Waals surface area contributed by atoms with E-state index in [4.69, 9.17) is 0 Å². The van der Waals surface area contributed by atoms with E-state index < -0.39 is 9.84 Å². The zero-order chi connectivity index (χ0) is 14.8. The third-order valence-electron chi connectivity index (χ3n) is 3.21. The fourth-order valence-corrected chi connectivity index (χ4v) is 4.56. The van der Waals surface area contributed by atoms with Gasteiger partial charge in [0.25, 0.3) is 0 Å². The second kappa shape index (κ2) is 6.19. The number of carbonyl (C=O) groups excluding carboxylic acids is 1. The highest BCUT2D eigenvalue weighted by Gasteiger charge is 2.26. The minimum Gasteiger partial charge on any atom is -0.311 e. The normalized spacial score (nSPS) is 21.6. The van der Waals surface area contributed by atoms with Gasteiger partial charge >= 0.3 is 0 Å². The summed E-state index contributed by atoms with van der Waals surface area (Å²) in [5, 5.41) is 6.39. The molecule has 2 rings (SSSR count). The summed E-state index contributed by atoms with van der Waals surface area (Å²) < 4.78 is 23.0. The Balaban J connectivity index is 1.92. The molecule has 1 unspecified atom stereocenters. The van der Waals surface area contributed by atoms with Crippen LogP contribution in [0.3, 0.4) is 0 Å². The zero-order valence-corrected chi connectivity index (χ0v) is 13.2. The molecule has 1 aromatic heterocycles. The van der Waals surface area contributed by atoms with E-state index in [1.54, 1.807) is 0 Å². The smallest absolute Gasteiger partial charge is 0.227 e. The monoisotopic (exact) mass is 317 g/mol. The maximum atomic E-state index is 11.9. The lowest BCUT2D eigenvalue weighted by atomic mass is 10.2. The molecule has 20 heavy (non-hydrogen) atoms. The topological polar surface area (TPSA) is 88.2 Å². The number of carbonyl (C=O) groups is 1. The Labute approximate surface area is 122 Å². The fourth-order valence-electron chi connectivity index (χ4n) is 2.20. The predicted octanol–water partition coefficient (Wildman–Crippen LogP) is 0.729. The molecule has 1 amide bonds. The van der Waals surface area contributed by atoms with Crippen LogP contribution in [0.2, 0.25) is 0 Å². The molecule has 0 bridgehead atoms. The van der Waals surface area contributed by atoms with E-state index in [1.165, 1.54) is 11.3 Å². The first-order valence-corrected chi connectivity index (χ1v) is 9.23. The number of amides is 1. The lowest BCUT2D eigenvalue weighted by molar-refractivity contribution is -0.116. The van der Waals surface area contributed by atoms with Gasteiger partial charge in [-0.25, -0.2) is 13.4 Å². The Morgan fingerprint density at radius 2 is 2.30 bits per heavy atom. The van der Waals surface area contributed by atoms with Crippen LogP contribution in [0.5, 0.6) is 0 Å². The molecule has 0 saturated carbocycles. The number of anilines is 1. The summed E-state index contributed by atoms with van der Waals surface area (Å²) in [6, 6.07) is -0.305. The molecule has 0 spiro atoms. The number of hydrogen-bond donors (Lipinski definition) is 2. The van der Waals surface area contributed by atoms with Gasteiger partial charge in [0.05, 0.1) is 17.2 Å². The van der Waals surface area contributed by atoms with Gasteiger partial charge in [0.2, 0.25) is 5.91 Å². The molecule has 0 aromatic carbocycles. The van der Waals surface area contributed by atoms with E-state index in [-0.39, 0.29) is 29.9 Å². The first-order valence-electron chi connectivity index (χ1n) is 6.59. The highest BCUT2D eigenvalue weighted by Crippen LogP contribution is 2.22. The van der Waals surface area contributed by atoms with Crippen LogP contribution in [0, 0.1) is 6.92 Å². The van der Waals surface area contributed by atoms with Gasteiger partial charge in [0.1, 0.15) is 0 Å². The summed E-state index contributed by atoms with van der Waals surface area (Å²) >= 11 is 1.45. The molecule has 1 saturated heterocycles. The van der Waals surface area contributed by atoms with Crippen molar-refractivity contribution in [1.82, 2.24) is 10.3 Å². The average molecular weight is 317 g/mol. The highest BCUT2D eigenvalue weighted by atomic mass is 32.2. The Morgan fingerprint density at radius 1 is 1.55 bits per heavy atom. The molecule has 6 nitrogen and oxygen atoms in total. The summed E-state index contributed by atoms with van der Waals surface area (Å²) in [4.78, 5) is 17.4. The molecule has 8 heteroatoms. The Morgan fingerprint density at radius 3 is 2.90 bits per heavy atom. The minimum atomic E-state index is -3.01. The number of sulfone groups is 1. The van der Waals surface area contributed by atoms with E-state index in [9.17, 15) is 13.2 Å². The van der Waals surface area contributed by atoms with E-state index in [0.29, 0.717) is 11.7 Å². The molecule has 1 aliphatic heterocycles. The van der Waals surface area contributed by atoms with Gasteiger partial charge in [-0.1, -0.05) is 6.92 Å². The first-order chi connectivity index (χ1) is 9.39. The molecule has 1 aliphatic rings. The van der Waals surface area contributed by atoms with Crippen LogP contribution in [0.15, 0.2) is 0 Å². The highest BCUT2D eigenvalue weighted by molar-refractivity contribution is 7.91. The second-order valence-electron chi connectivity index (χ2n) is 4.89. The Hall–Kier alpha value is -0.990. The molecule has 112 valence electrons. The molecule has 1 atom stereocenters. The van der Waals surface area contributed by atoms with Crippen molar-refractivity contribution >= 4 is 32.2 Å². The van der Waals surface area contributed by atoms with Gasteiger partial charge in [-0.2, -0.15) is 0 Å². The number of nitrogens with one attached hydrogen (secondary N) is 2. The van der Waals surface area contributed by atoms with Gasteiger partial charge in [-0.15, -0.1) is 11.3 Å². The molecule has 0 aliphatic carbocycles. The molecule has 2 N–H and O–H groups in total. The van der Waals surface area contributed by atoms with Crippen molar-refractivity contribution in [1.29, 1.82) is 0 Å². The third kappa shape index (κ3) is 4.00. The number of thiazole rings is 1. The number of rotatable bonds is 4. The predicted molar refractivity (Wildman–Crippen MR) is 79.9 cm³/mol. The summed E-state index contributed by atoms with van der Waals surface area (Å²) in [6.07, 6.45) is 0.986. The van der Waals surface area contributed by atoms with Crippen LogP contribution in [-0.2, 0) is 21.1 Å². The molecule has 1 fully saturated rings. The largest absolute Gasteiger partial charge is 0.311 e. The van der Waals surface area contributed by atoms with Gasteiger partial charge in [0.15, 0.2) is 15.0 Å². The summed E-state index contributed by atoms with van der Waals surface area (Å²) in [5.74, 6) is -0.0234. The van der Waals surface area contributed by atoms with Crippen molar-refractivity contribution in [2.45, 2.75) is 32.7 Å². The van der Waals surface area contributed by atoms with Gasteiger partial charge in [-0.05, 0) is 13.3 Å². The average Bonchev–Trinajstić information content (AvgIpc) is 2.67. The van der Waals surface area contributed by atoms with Crippen molar-refractivity contribution in [2.24, 2.45) is 0 Å². The molecular weight excluding hydrogens is 298 g/mol. The number of aryl methyl sites for hydroxylation is 2. The number of hydrogen-bond acceptors (Lipinski definition) is 6. The lowest BCUT2D eigenvalue weighted by Gasteiger charge is -2.22. The molecule has 1 aromatic rings. The second-order valence-corrected chi connectivity index (χ2v) is 8.33. The van der Waals surface area contributed by atoms with E-state index in [2.05, 4.69) is 15.6 Å². The Bertz CT molecular complexity index is 595. The standard InChI is InChI=1S/C12H19N3O3S2/c1-3-10-8(2)19-12(14-10)15-11(16)6-9-7-20(17,18)5-4-13-9/h9,13H,3-7H2,1-2H3,(H,14,15,16). The van der Waals surface area contributed by atoms with Crippen LogP contribution in [0.1, 0.15) is 23.9 Å². The zero-order valence-electron chi connectivity index (χ0n) is 11.6. The van der Waals surface area contributed by atoms with Crippen molar-refractivity contribution in [2.75, 3.05) is 23.4 Å². The van der Waals surface area contributed by atoms with Crippen molar-refractivity contribution in [3.05, 3.63) is 10.6 Å².